The van der Waals surface area contributed by atoms with Gasteiger partial charge in [-0.3, -0.25) is 9.59 Å². The van der Waals surface area contributed by atoms with Crippen molar-refractivity contribution in [1.29, 1.82) is 0 Å². The Morgan fingerprint density at radius 3 is 2.44 bits per heavy atom. The minimum Gasteiger partial charge on any atom is -0.455 e. The Hall–Kier alpha value is -1.81. The highest BCUT2D eigenvalue weighted by molar-refractivity contribution is 9.10. The van der Waals surface area contributed by atoms with E-state index in [9.17, 15) is 22.8 Å². The first-order valence-corrected chi connectivity index (χ1v) is 12.5. The fourth-order valence-electron chi connectivity index (χ4n) is 6.75. The molecular weight excluding hydrogens is 517 g/mol. The van der Waals surface area contributed by atoms with Crippen LogP contribution in [0.3, 0.4) is 0 Å². The summed E-state index contributed by atoms with van der Waals surface area (Å²) in [7, 11) is 0. The zero-order valence-corrected chi connectivity index (χ0v) is 20.3. The van der Waals surface area contributed by atoms with Crippen LogP contribution in [-0.2, 0) is 25.2 Å². The van der Waals surface area contributed by atoms with Gasteiger partial charge in [0.15, 0.2) is 6.61 Å². The van der Waals surface area contributed by atoms with Gasteiger partial charge in [-0.2, -0.15) is 13.2 Å². The van der Waals surface area contributed by atoms with Crippen LogP contribution in [0.5, 0.6) is 0 Å². The van der Waals surface area contributed by atoms with Crippen LogP contribution in [-0.4, -0.2) is 49.1 Å². The highest BCUT2D eigenvalue weighted by Crippen LogP contribution is 2.64. The maximum absolute atomic E-state index is 13.3. The summed E-state index contributed by atoms with van der Waals surface area (Å²) in [4.78, 5) is 27.7. The molecule has 186 valence electrons. The van der Waals surface area contributed by atoms with Crippen LogP contribution in [0.1, 0.15) is 44.1 Å². The van der Waals surface area contributed by atoms with Crippen LogP contribution in [0.25, 0.3) is 0 Å². The number of morpholine rings is 1. The maximum Gasteiger partial charge on any atom is 0.416 e. The van der Waals surface area contributed by atoms with Crippen molar-refractivity contribution >= 4 is 39.2 Å². The normalized spacial score (nSPS) is 32.5. The SMILES string of the molecule is O=C(COC(=O)C12C[C@H]3C[C@@H](CC(Br)(C3)C1)C2)Nc1cc(C(F)(F)F)ccc1N1CCOCC1. The molecule has 34 heavy (non-hydrogen) atoms. The lowest BCUT2D eigenvalue weighted by molar-refractivity contribution is -0.170. The molecule has 1 heterocycles. The van der Waals surface area contributed by atoms with Crippen molar-refractivity contribution in [1.82, 2.24) is 0 Å². The number of halogens is 4. The second-order valence-electron chi connectivity index (χ2n) is 10.3. The van der Waals surface area contributed by atoms with Crippen molar-refractivity contribution in [3.05, 3.63) is 23.8 Å². The fraction of sp³-hybridized carbons (Fsp3) is 0.667. The van der Waals surface area contributed by atoms with E-state index in [-0.39, 0.29) is 16.0 Å². The van der Waals surface area contributed by atoms with Crippen LogP contribution in [0.2, 0.25) is 0 Å². The number of alkyl halides is 4. The third-order valence-corrected chi connectivity index (χ3v) is 8.63. The van der Waals surface area contributed by atoms with E-state index in [1.54, 1.807) is 0 Å². The van der Waals surface area contributed by atoms with Gasteiger partial charge in [-0.15, -0.1) is 0 Å². The van der Waals surface area contributed by atoms with Crippen molar-refractivity contribution in [3.8, 4) is 0 Å². The van der Waals surface area contributed by atoms with Crippen molar-refractivity contribution in [2.24, 2.45) is 17.3 Å². The Bertz CT molecular complexity index is 965. The van der Waals surface area contributed by atoms with Gasteiger partial charge in [0.05, 0.1) is 35.6 Å². The second-order valence-corrected chi connectivity index (χ2v) is 12.0. The number of ether oxygens (including phenoxy) is 2. The topological polar surface area (TPSA) is 67.9 Å². The van der Waals surface area contributed by atoms with E-state index in [2.05, 4.69) is 21.2 Å². The van der Waals surface area contributed by atoms with Crippen LogP contribution in [0, 0.1) is 17.3 Å². The first-order valence-electron chi connectivity index (χ1n) is 11.8. The van der Waals surface area contributed by atoms with Gasteiger partial charge in [0, 0.05) is 17.4 Å². The lowest BCUT2D eigenvalue weighted by atomic mass is 9.49. The van der Waals surface area contributed by atoms with E-state index in [1.807, 2.05) is 4.90 Å². The molecule has 10 heteroatoms. The van der Waals surface area contributed by atoms with Crippen LogP contribution >= 0.6 is 15.9 Å². The molecule has 6 nitrogen and oxygen atoms in total. The smallest absolute Gasteiger partial charge is 0.416 e. The summed E-state index contributed by atoms with van der Waals surface area (Å²) < 4.78 is 50.7. The minimum atomic E-state index is -4.54. The monoisotopic (exact) mass is 544 g/mol. The van der Waals surface area contributed by atoms with Gasteiger partial charge in [0.2, 0.25) is 0 Å². The highest BCUT2D eigenvalue weighted by Gasteiger charge is 2.60. The summed E-state index contributed by atoms with van der Waals surface area (Å²) in [6.45, 7) is 1.38. The molecule has 1 amide bonds. The van der Waals surface area contributed by atoms with Gasteiger partial charge in [-0.05, 0) is 68.6 Å². The van der Waals surface area contributed by atoms with Crippen LogP contribution < -0.4 is 10.2 Å². The summed E-state index contributed by atoms with van der Waals surface area (Å²) in [5.41, 5.74) is -0.887. The zero-order chi connectivity index (χ0) is 24.1. The van der Waals surface area contributed by atoms with Gasteiger partial charge < -0.3 is 19.7 Å². The van der Waals surface area contributed by atoms with Crippen molar-refractivity contribution in [3.63, 3.8) is 0 Å². The maximum atomic E-state index is 13.3. The molecule has 1 saturated heterocycles. The van der Waals surface area contributed by atoms with E-state index in [0.29, 0.717) is 50.2 Å². The van der Waals surface area contributed by atoms with E-state index in [4.69, 9.17) is 9.47 Å². The summed E-state index contributed by atoms with van der Waals surface area (Å²) in [5.74, 6) is -0.0372. The molecule has 0 unspecified atom stereocenters. The number of rotatable bonds is 5. The Balaban J connectivity index is 1.27. The van der Waals surface area contributed by atoms with Gasteiger partial charge >= 0.3 is 12.1 Å². The van der Waals surface area contributed by atoms with Gasteiger partial charge in [-0.1, -0.05) is 15.9 Å². The number of amides is 1. The van der Waals surface area contributed by atoms with Gasteiger partial charge in [0.1, 0.15) is 0 Å². The highest BCUT2D eigenvalue weighted by atomic mass is 79.9. The number of nitrogens with one attached hydrogen (secondary N) is 1. The molecule has 0 aromatic heterocycles. The van der Waals surface area contributed by atoms with E-state index >= 15 is 0 Å². The Morgan fingerprint density at radius 1 is 1.15 bits per heavy atom. The largest absolute Gasteiger partial charge is 0.455 e. The number of nitrogens with zero attached hydrogens (tertiary/aromatic N) is 1. The van der Waals surface area contributed by atoms with Crippen LogP contribution in [0.15, 0.2) is 18.2 Å². The number of carbonyl (C=O) groups excluding carboxylic acids is 2. The lowest BCUT2D eigenvalue weighted by Gasteiger charge is -2.58. The molecule has 4 aliphatic carbocycles. The Kier molecular flexibility index (Phi) is 6.11. The van der Waals surface area contributed by atoms with Gasteiger partial charge in [-0.25, -0.2) is 0 Å². The van der Waals surface area contributed by atoms with E-state index < -0.39 is 29.7 Å². The summed E-state index contributed by atoms with van der Waals surface area (Å²) >= 11 is 3.86. The molecule has 6 rings (SSSR count). The molecule has 4 saturated carbocycles. The molecule has 4 bridgehead atoms. The number of esters is 1. The number of benzene rings is 1. The molecule has 1 aliphatic heterocycles. The summed E-state index contributed by atoms with van der Waals surface area (Å²) in [5, 5.41) is 2.55. The lowest BCUT2D eigenvalue weighted by Crippen LogP contribution is -2.56. The van der Waals surface area contributed by atoms with E-state index in [1.165, 1.54) is 6.07 Å². The predicted molar refractivity (Wildman–Crippen MR) is 123 cm³/mol. The molecule has 5 fully saturated rings. The summed E-state index contributed by atoms with van der Waals surface area (Å²) in [6.07, 6.45) is 1.01. The first kappa shape index (κ1) is 23.9. The molecule has 0 spiro atoms. The number of carbonyl (C=O) groups is 2. The predicted octanol–water partition coefficient (Wildman–Crippen LogP) is 4.76. The molecule has 5 aliphatic rings. The molecular formula is C24H28BrF3N2O4. The third kappa shape index (κ3) is 4.67. The molecule has 2 atom stereocenters. The molecule has 0 radical (unpaired) electrons. The minimum absolute atomic E-state index is 0.0244. The average molecular weight is 545 g/mol. The van der Waals surface area contributed by atoms with Crippen molar-refractivity contribution in [2.45, 2.75) is 49.0 Å². The number of anilines is 2. The van der Waals surface area contributed by atoms with Gasteiger partial charge in [0.25, 0.3) is 5.91 Å². The van der Waals surface area contributed by atoms with E-state index in [0.717, 1.165) is 44.2 Å². The summed E-state index contributed by atoms with van der Waals surface area (Å²) in [6, 6.07) is 3.29. The fourth-order valence-corrected chi connectivity index (χ4v) is 8.20. The van der Waals surface area contributed by atoms with Crippen molar-refractivity contribution in [2.75, 3.05) is 43.1 Å². The average Bonchev–Trinajstić information content (AvgIpc) is 2.75. The standard InChI is InChI=1S/C24H28BrF3N2O4/c25-23-11-15-7-16(12-23)10-22(9-15,14-23)21(32)34-13-20(31)29-18-8-17(24(26,27)28)1-2-19(18)30-3-5-33-6-4-30/h1-2,8,15-16H,3-7,9-14H2,(H,29,31)/t15-,16-,22?,23?/m1/s1. The molecule has 1 aromatic carbocycles. The number of hydrogen-bond donors (Lipinski definition) is 1. The molecule has 1 aromatic rings. The third-order valence-electron chi connectivity index (χ3n) is 7.71. The van der Waals surface area contributed by atoms with Crippen LogP contribution in [0.4, 0.5) is 24.5 Å². The van der Waals surface area contributed by atoms with Crippen molar-refractivity contribution < 1.29 is 32.2 Å². The molecule has 1 N–H and O–H groups in total. The zero-order valence-electron chi connectivity index (χ0n) is 18.8. The Labute approximate surface area is 204 Å². The first-order chi connectivity index (χ1) is 16.1. The second kappa shape index (κ2) is 8.69. The number of hydrogen-bond acceptors (Lipinski definition) is 5. The Morgan fingerprint density at radius 2 is 1.82 bits per heavy atom. The quantitative estimate of drug-likeness (QED) is 0.427.